The lowest BCUT2D eigenvalue weighted by Crippen LogP contribution is -2.39. The number of hydroxylamine groups is 2. The summed E-state index contributed by atoms with van der Waals surface area (Å²) in [6.45, 7) is 1.36. The molecule has 1 rings (SSSR count). The average Bonchev–Trinajstić information content (AvgIpc) is 2.46. The predicted molar refractivity (Wildman–Crippen MR) is 44.4 cm³/mol. The predicted octanol–water partition coefficient (Wildman–Crippen LogP) is 0.505. The molecule has 0 spiro atoms. The monoisotopic (exact) mass is 189 g/mol. The summed E-state index contributed by atoms with van der Waals surface area (Å²) in [6.07, 6.45) is 1.24. The van der Waals surface area contributed by atoms with E-state index in [9.17, 15) is 4.79 Å². The third kappa shape index (κ3) is 2.40. The van der Waals surface area contributed by atoms with Crippen LogP contribution < -0.4 is 0 Å². The van der Waals surface area contributed by atoms with Crippen molar-refractivity contribution in [1.82, 2.24) is 5.06 Å². The first-order valence-electron chi connectivity index (χ1n) is 4.21. The molecule has 1 aliphatic heterocycles. The van der Waals surface area contributed by atoms with Gasteiger partial charge in [0.25, 0.3) is 0 Å². The van der Waals surface area contributed by atoms with Gasteiger partial charge in [0.15, 0.2) is 0 Å². The third-order valence-electron chi connectivity index (χ3n) is 2.01. The van der Waals surface area contributed by atoms with Gasteiger partial charge in [0.1, 0.15) is 12.5 Å². The number of carbonyl (C=O) groups is 1. The molecule has 0 aliphatic carbocycles. The van der Waals surface area contributed by atoms with Crippen molar-refractivity contribution in [1.29, 1.82) is 0 Å². The first-order valence-corrected chi connectivity index (χ1v) is 4.21. The summed E-state index contributed by atoms with van der Waals surface area (Å²) >= 11 is 0. The number of hydrogen-bond donors (Lipinski definition) is 0. The molecule has 0 radical (unpaired) electrons. The molecule has 1 aliphatic rings. The van der Waals surface area contributed by atoms with Gasteiger partial charge >= 0.3 is 5.97 Å². The number of methoxy groups -OCH3 is 2. The van der Waals surface area contributed by atoms with Gasteiger partial charge in [-0.3, -0.25) is 4.79 Å². The van der Waals surface area contributed by atoms with E-state index >= 15 is 0 Å². The summed E-state index contributed by atoms with van der Waals surface area (Å²) in [5.41, 5.74) is 0. The van der Waals surface area contributed by atoms with Crippen LogP contribution in [0.5, 0.6) is 0 Å². The van der Waals surface area contributed by atoms with Crippen molar-refractivity contribution in [3.05, 3.63) is 0 Å². The Bertz CT molecular complexity index is 173. The molecule has 2 unspecified atom stereocenters. The molecule has 0 bridgehead atoms. The number of nitrogens with zero attached hydrogens (tertiary/aromatic N) is 1. The first-order chi connectivity index (χ1) is 6.19. The van der Waals surface area contributed by atoms with E-state index in [4.69, 9.17) is 14.3 Å². The summed E-state index contributed by atoms with van der Waals surface area (Å²) in [5, 5.41) is 1.46. The summed E-state index contributed by atoms with van der Waals surface area (Å²) in [4.78, 5) is 15.7. The van der Waals surface area contributed by atoms with Gasteiger partial charge in [-0.1, -0.05) is 5.06 Å². The van der Waals surface area contributed by atoms with Crippen LogP contribution in [-0.2, 0) is 19.1 Å². The molecular weight excluding hydrogens is 174 g/mol. The molecule has 5 nitrogen and oxygen atoms in total. The minimum Gasteiger partial charge on any atom is -0.363 e. The minimum atomic E-state index is -0.356. The van der Waals surface area contributed by atoms with E-state index in [0.717, 1.165) is 12.8 Å². The molecule has 0 N–H and O–H groups in total. The Kier molecular flexibility index (Phi) is 3.65. The molecule has 2 atom stereocenters. The van der Waals surface area contributed by atoms with Gasteiger partial charge in [0.05, 0.1) is 0 Å². The summed E-state index contributed by atoms with van der Waals surface area (Å²) in [5.74, 6) is -0.356. The van der Waals surface area contributed by atoms with Crippen LogP contribution in [0.3, 0.4) is 0 Å². The fraction of sp³-hybridized carbons (Fsp3) is 0.875. The van der Waals surface area contributed by atoms with Crippen molar-refractivity contribution in [2.45, 2.75) is 32.2 Å². The van der Waals surface area contributed by atoms with Crippen LogP contribution in [-0.4, -0.2) is 37.7 Å². The summed E-state index contributed by atoms with van der Waals surface area (Å²) in [6, 6.07) is 0. The molecule has 0 aromatic rings. The summed E-state index contributed by atoms with van der Waals surface area (Å²) in [7, 11) is 3.17. The SMILES string of the molecule is COC1CCC(OC)N1OC(C)=O. The van der Waals surface area contributed by atoms with E-state index < -0.39 is 0 Å². The molecule has 0 saturated carbocycles. The van der Waals surface area contributed by atoms with E-state index in [1.54, 1.807) is 14.2 Å². The lowest BCUT2D eigenvalue weighted by atomic mass is 10.3. The largest absolute Gasteiger partial charge is 0.363 e. The molecular formula is C8H15NO4. The van der Waals surface area contributed by atoms with Gasteiger partial charge in [-0.05, 0) is 12.8 Å². The van der Waals surface area contributed by atoms with Gasteiger partial charge in [-0.25, -0.2) is 0 Å². The maximum Gasteiger partial charge on any atom is 0.322 e. The number of ether oxygens (including phenoxy) is 2. The first kappa shape index (κ1) is 10.4. The molecule has 13 heavy (non-hydrogen) atoms. The van der Waals surface area contributed by atoms with Gasteiger partial charge in [-0.15, -0.1) is 0 Å². The average molecular weight is 189 g/mol. The van der Waals surface area contributed by atoms with Crippen molar-refractivity contribution in [3.63, 3.8) is 0 Å². The second-order valence-electron chi connectivity index (χ2n) is 2.90. The van der Waals surface area contributed by atoms with E-state index in [2.05, 4.69) is 0 Å². The zero-order valence-electron chi connectivity index (χ0n) is 8.15. The van der Waals surface area contributed by atoms with Crippen molar-refractivity contribution >= 4 is 5.97 Å². The van der Waals surface area contributed by atoms with E-state index in [1.165, 1.54) is 12.0 Å². The summed E-state index contributed by atoms with van der Waals surface area (Å²) < 4.78 is 10.3. The van der Waals surface area contributed by atoms with Crippen LogP contribution in [0.25, 0.3) is 0 Å². The van der Waals surface area contributed by atoms with Crippen LogP contribution in [0, 0.1) is 0 Å². The zero-order chi connectivity index (χ0) is 9.84. The fourth-order valence-corrected chi connectivity index (χ4v) is 1.43. The molecule has 1 saturated heterocycles. The van der Waals surface area contributed by atoms with Gasteiger partial charge in [-0.2, -0.15) is 0 Å². The Balaban J connectivity index is 2.56. The zero-order valence-corrected chi connectivity index (χ0v) is 8.15. The highest BCUT2D eigenvalue weighted by molar-refractivity contribution is 5.65. The minimum absolute atomic E-state index is 0.186. The second-order valence-corrected chi connectivity index (χ2v) is 2.90. The van der Waals surface area contributed by atoms with Crippen LogP contribution in [0.1, 0.15) is 19.8 Å². The van der Waals surface area contributed by atoms with E-state index in [-0.39, 0.29) is 18.4 Å². The maximum absolute atomic E-state index is 10.7. The van der Waals surface area contributed by atoms with Crippen molar-refractivity contribution in [2.24, 2.45) is 0 Å². The van der Waals surface area contributed by atoms with Crippen LogP contribution in [0.2, 0.25) is 0 Å². The van der Waals surface area contributed by atoms with Gasteiger partial charge < -0.3 is 14.3 Å². The van der Waals surface area contributed by atoms with Crippen LogP contribution in [0.4, 0.5) is 0 Å². The Morgan fingerprint density at radius 2 is 1.69 bits per heavy atom. The molecule has 1 fully saturated rings. The Morgan fingerprint density at radius 3 is 2.00 bits per heavy atom. The van der Waals surface area contributed by atoms with E-state index in [1.807, 2.05) is 0 Å². The van der Waals surface area contributed by atoms with Crippen LogP contribution in [0.15, 0.2) is 0 Å². The smallest absolute Gasteiger partial charge is 0.322 e. The quantitative estimate of drug-likeness (QED) is 0.647. The lowest BCUT2D eigenvalue weighted by Gasteiger charge is -2.25. The maximum atomic E-state index is 10.7. The molecule has 0 aromatic carbocycles. The highest BCUT2D eigenvalue weighted by Gasteiger charge is 2.36. The third-order valence-corrected chi connectivity index (χ3v) is 2.01. The second kappa shape index (κ2) is 4.55. The topological polar surface area (TPSA) is 48.0 Å². The molecule has 1 heterocycles. The highest BCUT2D eigenvalue weighted by atomic mass is 16.8. The number of carbonyl (C=O) groups excluding carboxylic acids is 1. The molecule has 5 heteroatoms. The molecule has 0 aromatic heterocycles. The standard InChI is InChI=1S/C8H15NO4/c1-6(10)13-9-7(11-2)4-5-8(9)12-3/h7-8H,4-5H2,1-3H3. The Hall–Kier alpha value is -0.650. The molecule has 76 valence electrons. The lowest BCUT2D eigenvalue weighted by molar-refractivity contribution is -0.269. The van der Waals surface area contributed by atoms with Gasteiger partial charge in [0, 0.05) is 21.1 Å². The Labute approximate surface area is 77.5 Å². The Morgan fingerprint density at radius 1 is 1.23 bits per heavy atom. The number of hydrogen-bond acceptors (Lipinski definition) is 5. The normalized spacial score (nSPS) is 29.2. The molecule has 0 amide bonds. The number of rotatable bonds is 3. The van der Waals surface area contributed by atoms with Gasteiger partial charge in [0.2, 0.25) is 0 Å². The van der Waals surface area contributed by atoms with Crippen molar-refractivity contribution < 1.29 is 19.1 Å². The van der Waals surface area contributed by atoms with Crippen molar-refractivity contribution in [3.8, 4) is 0 Å². The van der Waals surface area contributed by atoms with Crippen molar-refractivity contribution in [2.75, 3.05) is 14.2 Å². The van der Waals surface area contributed by atoms with Crippen LogP contribution >= 0.6 is 0 Å². The van der Waals surface area contributed by atoms with E-state index in [0.29, 0.717) is 0 Å². The fourth-order valence-electron chi connectivity index (χ4n) is 1.43. The highest BCUT2D eigenvalue weighted by Crippen LogP contribution is 2.25.